The molecular formula is C36H51N14O24P4+. The number of nitrogens with one attached hydrogen (secondary N) is 2. The summed E-state index contributed by atoms with van der Waals surface area (Å²) >= 11 is 0. The minimum atomic E-state index is -6.25. The van der Waals surface area contributed by atoms with E-state index in [4.69, 9.17) is 58.0 Å². The van der Waals surface area contributed by atoms with Crippen LogP contribution in [-0.2, 0) is 80.4 Å². The van der Waals surface area contributed by atoms with Gasteiger partial charge in [0.2, 0.25) is 18.0 Å². The van der Waals surface area contributed by atoms with Gasteiger partial charge in [0.05, 0.1) is 39.0 Å². The molecule has 0 aliphatic carbocycles. The molecule has 42 heteroatoms. The predicted molar refractivity (Wildman–Crippen MR) is 253 cm³/mol. The van der Waals surface area contributed by atoms with Gasteiger partial charge < -0.3 is 74.7 Å². The highest BCUT2D eigenvalue weighted by Crippen LogP contribution is 2.68. The fourth-order valence-electron chi connectivity index (χ4n) is 8.90. The van der Waals surface area contributed by atoms with E-state index in [0.29, 0.717) is 0 Å². The second-order valence-electron chi connectivity index (χ2n) is 17.7. The number of aliphatic hydroxyl groups is 2. The number of nitrogen functional groups attached to an aromatic ring is 2. The first-order chi connectivity index (χ1) is 36.6. The number of H-pyrrole nitrogens is 2. The molecule has 16 atom stereocenters. The molecule has 3 fully saturated rings. The summed E-state index contributed by atoms with van der Waals surface area (Å²) in [6.45, 7) is 2.75. The van der Waals surface area contributed by atoms with Crippen LogP contribution in [0.2, 0.25) is 0 Å². The van der Waals surface area contributed by atoms with Crippen molar-refractivity contribution in [2.24, 2.45) is 7.05 Å². The van der Waals surface area contributed by atoms with Crippen molar-refractivity contribution < 1.29 is 108 Å². The number of hydrogen-bond acceptors (Lipinski definition) is 28. The van der Waals surface area contributed by atoms with Crippen LogP contribution in [0.3, 0.4) is 0 Å². The molecule has 0 aromatic carbocycles. The average Bonchev–Trinajstić information content (AvgIpc) is 4.38. The second kappa shape index (κ2) is 21.8. The Morgan fingerprint density at radius 1 is 0.731 bits per heavy atom. The third kappa shape index (κ3) is 11.6. The van der Waals surface area contributed by atoms with Crippen LogP contribution in [0.1, 0.15) is 38.4 Å². The van der Waals surface area contributed by atoms with Crippen molar-refractivity contribution in [1.29, 1.82) is 0 Å². The average molecular weight is 1190 g/mol. The lowest BCUT2D eigenvalue weighted by atomic mass is 10.1. The molecule has 3 aliphatic rings. The Balaban J connectivity index is 0.902. The van der Waals surface area contributed by atoms with E-state index in [2.05, 4.69) is 48.5 Å². The number of rotatable bonds is 21. The van der Waals surface area contributed by atoms with Crippen molar-refractivity contribution >= 4 is 76.5 Å². The zero-order valence-corrected chi connectivity index (χ0v) is 44.8. The molecule has 0 spiro atoms. The van der Waals surface area contributed by atoms with Crippen LogP contribution in [-0.4, -0.2) is 172 Å². The van der Waals surface area contributed by atoms with Crippen molar-refractivity contribution in [2.45, 2.75) is 101 Å². The number of phosphoric acid groups is 4. The van der Waals surface area contributed by atoms with Crippen LogP contribution < -0.4 is 27.2 Å². The monoisotopic (exact) mass is 1190 g/mol. The Morgan fingerprint density at radius 3 is 2.04 bits per heavy atom. The summed E-state index contributed by atoms with van der Waals surface area (Å²) in [6, 6.07) is 0. The van der Waals surface area contributed by atoms with Gasteiger partial charge >= 0.3 is 36.9 Å². The van der Waals surface area contributed by atoms with Gasteiger partial charge in [-0.05, 0) is 20.8 Å². The summed E-state index contributed by atoms with van der Waals surface area (Å²) in [7, 11) is -20.0. The number of phosphoric ester groups is 3. The SMILES string of the molecule is COC1[C@@H](OP(=O)(O)OC[C@H]2O[C@@H](n3cnc4c(=O)[nH]c(C)nc43)C(O)[C@H]2OC(C)C)[C@@H](COP(=O)(O)OP(=O)(O)OP(=O)(O)O[C@H]2O[C@@H]([n+]3cn(C)c4c(=O)[nH]c(N)nc43)[C@@H](O)C2OC)O[C@H]1n1cnc2c(N)ncnc21. The van der Waals surface area contributed by atoms with Gasteiger partial charge in [0.15, 0.2) is 41.4 Å². The molecule has 0 saturated carbocycles. The van der Waals surface area contributed by atoms with Gasteiger partial charge in [-0.2, -0.15) is 8.62 Å². The number of aromatic nitrogens is 12. The number of hydrogen-bond donors (Lipinski definition) is 10. The number of aromatic amines is 2. The van der Waals surface area contributed by atoms with E-state index in [-0.39, 0.29) is 51.1 Å². The van der Waals surface area contributed by atoms with Crippen LogP contribution in [0.4, 0.5) is 11.8 Å². The van der Waals surface area contributed by atoms with Gasteiger partial charge in [-0.15, -0.1) is 0 Å². The van der Waals surface area contributed by atoms with Gasteiger partial charge in [-0.1, -0.05) is 4.98 Å². The number of imidazole rings is 3. The molecule has 12 N–H and O–H groups in total. The van der Waals surface area contributed by atoms with Crippen molar-refractivity contribution in [3.63, 3.8) is 0 Å². The van der Waals surface area contributed by atoms with Gasteiger partial charge in [-0.25, -0.2) is 47.7 Å². The first-order valence-electron chi connectivity index (χ1n) is 22.7. The van der Waals surface area contributed by atoms with Crippen LogP contribution in [0.5, 0.6) is 0 Å². The summed E-state index contributed by atoms with van der Waals surface area (Å²) in [5, 5.41) is 22.6. The van der Waals surface area contributed by atoms with Gasteiger partial charge in [-0.3, -0.25) is 46.4 Å². The number of aliphatic hydroxyl groups excluding tert-OH is 2. The first kappa shape index (κ1) is 57.7. The van der Waals surface area contributed by atoms with Crippen molar-refractivity contribution in [3.05, 3.63) is 51.8 Å². The van der Waals surface area contributed by atoms with Crippen molar-refractivity contribution in [2.75, 3.05) is 38.9 Å². The molecule has 428 valence electrons. The maximum atomic E-state index is 14.0. The topological polar surface area (TPSA) is 514 Å². The van der Waals surface area contributed by atoms with E-state index in [1.165, 1.54) is 46.7 Å². The largest absolute Gasteiger partial charge is 0.490 e. The van der Waals surface area contributed by atoms with E-state index in [0.717, 1.165) is 25.1 Å². The number of methoxy groups -OCH3 is 2. The quantitative estimate of drug-likeness (QED) is 0.0277. The van der Waals surface area contributed by atoms with Crippen LogP contribution >= 0.6 is 31.3 Å². The fourth-order valence-corrected chi connectivity index (χ4v) is 13.4. The summed E-state index contributed by atoms with van der Waals surface area (Å²) in [5.41, 5.74) is 10.3. The maximum absolute atomic E-state index is 14.0. The second-order valence-corrected chi connectivity index (χ2v) is 23.7. The van der Waals surface area contributed by atoms with Crippen molar-refractivity contribution in [1.82, 2.24) is 53.6 Å². The minimum Gasteiger partial charge on any atom is -0.386 e. The molecule has 9 rings (SSSR count). The third-order valence-electron chi connectivity index (χ3n) is 12.0. The fraction of sp³-hybridized carbons (Fsp3) is 0.583. The molecule has 9 heterocycles. The smallest absolute Gasteiger partial charge is 0.386 e. The molecule has 0 amide bonds. The minimum absolute atomic E-state index is 0.0304. The Morgan fingerprint density at radius 2 is 1.36 bits per heavy atom. The lowest BCUT2D eigenvalue weighted by Gasteiger charge is -2.27. The lowest BCUT2D eigenvalue weighted by Crippen LogP contribution is -2.46. The first-order valence-corrected chi connectivity index (χ1v) is 28.6. The third-order valence-corrected chi connectivity index (χ3v) is 17.2. The molecule has 0 radical (unpaired) electrons. The number of aryl methyl sites for hydroxylation is 2. The van der Waals surface area contributed by atoms with E-state index >= 15 is 0 Å². The number of nitrogens with zero attached hydrogens (tertiary/aromatic N) is 10. The van der Waals surface area contributed by atoms with Crippen LogP contribution in [0, 0.1) is 6.92 Å². The number of nitrogens with two attached hydrogens (primary N) is 2. The Bertz CT molecular complexity index is 3540. The van der Waals surface area contributed by atoms with E-state index in [1.54, 1.807) is 13.8 Å². The van der Waals surface area contributed by atoms with Gasteiger partial charge in [0.25, 0.3) is 17.1 Å². The molecule has 3 saturated heterocycles. The lowest BCUT2D eigenvalue weighted by molar-refractivity contribution is -0.747. The van der Waals surface area contributed by atoms with Crippen molar-refractivity contribution in [3.8, 4) is 0 Å². The zero-order chi connectivity index (χ0) is 56.6. The summed E-state index contributed by atoms with van der Waals surface area (Å²) < 4.78 is 123. The molecule has 0 bridgehead atoms. The number of ether oxygens (including phenoxy) is 6. The summed E-state index contributed by atoms with van der Waals surface area (Å²) in [4.78, 5) is 97.8. The van der Waals surface area contributed by atoms with Gasteiger partial charge in [0, 0.05) is 14.2 Å². The zero-order valence-electron chi connectivity index (χ0n) is 41.2. The van der Waals surface area contributed by atoms with E-state index < -0.39 is 136 Å². The molecule has 7 unspecified atom stereocenters. The molecule has 6 aromatic heterocycles. The molecule has 3 aliphatic heterocycles. The normalized spacial score (nSPS) is 29.9. The Labute approximate surface area is 435 Å². The summed E-state index contributed by atoms with van der Waals surface area (Å²) in [6.07, 6.45) is -15.0. The number of anilines is 2. The molecule has 6 aromatic rings. The summed E-state index contributed by atoms with van der Waals surface area (Å²) in [5.74, 6) is -0.170. The highest BCUT2D eigenvalue weighted by Gasteiger charge is 2.55. The Hall–Kier alpha value is -4.95. The van der Waals surface area contributed by atoms with Crippen LogP contribution in [0.25, 0.3) is 33.5 Å². The number of fused-ring (bicyclic) bond motifs is 3. The maximum Gasteiger partial charge on any atom is 0.490 e. The van der Waals surface area contributed by atoms with Gasteiger partial charge in [0.1, 0.15) is 66.5 Å². The Kier molecular flexibility index (Phi) is 16.2. The molecule has 78 heavy (non-hydrogen) atoms. The highest BCUT2D eigenvalue weighted by atomic mass is 31.3. The molecule has 38 nitrogen and oxygen atoms in total. The van der Waals surface area contributed by atoms with Crippen LogP contribution in [0.15, 0.2) is 34.9 Å². The predicted octanol–water partition coefficient (Wildman–Crippen LogP) is -1.94. The van der Waals surface area contributed by atoms with E-state index in [9.17, 15) is 57.6 Å². The highest BCUT2D eigenvalue weighted by molar-refractivity contribution is 7.66. The standard InChI is InChI=1S/C36H50N14O24P4/c1-13(2)67-22-15(68-32(20(22)51)49-11-42-18-28(49)43-14(3)44-30(18)53)7-65-75(55,56)71-23-16(69-34(25(23)64-6)48-10-41-17-26(37)39-9-40-27(17)48)8-66-76(57,58)73-78(61,62)74-77(59,60)72-35-24(63-5)21(52)33(70-35)50-12-47(4)19-29(50)45-36(38)46-31(19)54/h9-13,15-16,20-25,32-35,51-52H,7-8H2,1-6H3,(H9-,37,38,39,40,43,44,45,46,53,54,55,56,57,58,59,60,61,62)/p+1/t15-,16-,20?,21+,22+,23+,24?,25?,32-,33-,34-,35-/m1/s1. The molecular weight excluding hydrogens is 1140 g/mol. The van der Waals surface area contributed by atoms with E-state index in [1.807, 2.05) is 0 Å².